The number of nitrogens with zero attached hydrogens (tertiary/aromatic N) is 1. The first-order valence-corrected chi connectivity index (χ1v) is 7.65. The summed E-state index contributed by atoms with van der Waals surface area (Å²) in [7, 11) is -4.21. The molecule has 0 N–H and O–H groups in total. The lowest BCUT2D eigenvalue weighted by Crippen LogP contribution is -2.26. The average molecular weight is 325 g/mol. The number of carbonyl (C=O) groups is 1. The summed E-state index contributed by atoms with van der Waals surface area (Å²) in [4.78, 5) is 21.4. The van der Waals surface area contributed by atoms with E-state index in [4.69, 9.17) is 4.18 Å². The molecule has 0 saturated heterocycles. The summed E-state index contributed by atoms with van der Waals surface area (Å²) in [6.45, 7) is 6.86. The van der Waals surface area contributed by atoms with Crippen LogP contribution in [-0.4, -0.2) is 25.2 Å². The lowest BCUT2D eigenvalue weighted by atomic mass is 10.1. The summed E-state index contributed by atoms with van der Waals surface area (Å²) in [5.41, 5.74) is -0.246. The molecule has 0 radical (unpaired) electrons. The van der Waals surface area contributed by atoms with E-state index in [2.05, 4.69) is 13.2 Å². The molecular weight excluding hydrogens is 310 g/mol. The molecule has 0 bridgehead atoms. The lowest BCUT2D eigenvalue weighted by molar-refractivity contribution is -0.384. The molecule has 0 saturated carbocycles. The van der Waals surface area contributed by atoms with Gasteiger partial charge in [0, 0.05) is 18.6 Å². The highest BCUT2D eigenvalue weighted by Crippen LogP contribution is 2.20. The minimum Gasteiger partial charge on any atom is -0.296 e. The quantitative estimate of drug-likeness (QED) is 0.299. The Labute approximate surface area is 128 Å². The number of rotatable bonds is 9. The maximum atomic E-state index is 12.1. The van der Waals surface area contributed by atoms with E-state index in [0.29, 0.717) is 0 Å². The minimum absolute atomic E-state index is 0.0267. The van der Waals surface area contributed by atoms with Crippen LogP contribution in [0.4, 0.5) is 5.69 Å². The van der Waals surface area contributed by atoms with Crippen LogP contribution in [0.2, 0.25) is 0 Å². The van der Waals surface area contributed by atoms with Crippen molar-refractivity contribution in [3.63, 3.8) is 0 Å². The summed E-state index contributed by atoms with van der Waals surface area (Å²) in [6.07, 6.45) is 1.51. The van der Waals surface area contributed by atoms with E-state index >= 15 is 0 Å². The van der Waals surface area contributed by atoms with Gasteiger partial charge in [-0.3, -0.25) is 19.1 Å². The van der Waals surface area contributed by atoms with Crippen LogP contribution in [0.5, 0.6) is 0 Å². The Hall–Kier alpha value is -2.32. The first kappa shape index (κ1) is 17.7. The van der Waals surface area contributed by atoms with Crippen molar-refractivity contribution in [2.45, 2.75) is 23.8 Å². The first-order chi connectivity index (χ1) is 10.3. The summed E-state index contributed by atoms with van der Waals surface area (Å²) in [6, 6.07) is 4.20. The van der Waals surface area contributed by atoms with Gasteiger partial charge in [-0.05, 0) is 18.6 Å². The van der Waals surface area contributed by atoms with Gasteiger partial charge in [0.05, 0.1) is 9.82 Å². The molecule has 22 heavy (non-hydrogen) atoms. The highest BCUT2D eigenvalue weighted by Gasteiger charge is 2.26. The Morgan fingerprint density at radius 3 is 2.32 bits per heavy atom. The summed E-state index contributed by atoms with van der Waals surface area (Å²) < 4.78 is 29.1. The molecule has 1 atom stereocenters. The fourth-order valence-corrected chi connectivity index (χ4v) is 2.66. The highest BCUT2D eigenvalue weighted by molar-refractivity contribution is 7.86. The van der Waals surface area contributed by atoms with Crippen LogP contribution in [0, 0.1) is 10.1 Å². The minimum atomic E-state index is -4.21. The molecule has 0 amide bonds. The number of allylic oxidation sites excluding steroid dienone is 1. The van der Waals surface area contributed by atoms with Gasteiger partial charge in [0.25, 0.3) is 15.8 Å². The summed E-state index contributed by atoms with van der Waals surface area (Å²) in [5, 5.41) is 10.5. The average Bonchev–Trinajstić information content (AvgIpc) is 2.47. The van der Waals surface area contributed by atoms with Crippen molar-refractivity contribution in [1.29, 1.82) is 0 Å². The maximum absolute atomic E-state index is 12.1. The fraction of sp³-hybridized carbons (Fsp3) is 0.214. The fourth-order valence-electron chi connectivity index (χ4n) is 1.59. The van der Waals surface area contributed by atoms with Gasteiger partial charge in [-0.25, -0.2) is 0 Å². The van der Waals surface area contributed by atoms with E-state index in [1.807, 2.05) is 0 Å². The molecule has 1 aromatic rings. The van der Waals surface area contributed by atoms with Crippen LogP contribution < -0.4 is 0 Å². The number of ketones is 1. The van der Waals surface area contributed by atoms with Gasteiger partial charge in [0.2, 0.25) is 0 Å². The van der Waals surface area contributed by atoms with Crippen molar-refractivity contribution in [1.82, 2.24) is 0 Å². The number of benzene rings is 1. The number of nitro benzene ring substituents is 1. The second-order valence-corrected chi connectivity index (χ2v) is 5.85. The smallest absolute Gasteiger partial charge is 0.296 e. The van der Waals surface area contributed by atoms with Gasteiger partial charge in [-0.2, -0.15) is 8.42 Å². The normalized spacial score (nSPS) is 12.4. The van der Waals surface area contributed by atoms with Crippen LogP contribution in [0.15, 0.2) is 54.5 Å². The molecular formula is C14H15NO6S. The Morgan fingerprint density at radius 1 is 1.27 bits per heavy atom. The summed E-state index contributed by atoms with van der Waals surface area (Å²) in [5.74, 6) is -0.444. The SMILES string of the molecule is C=CCC(=O)C(CC=C)OS(=O)(=O)c1ccc([N+](=O)[O-])cc1. The molecule has 0 aliphatic rings. The van der Waals surface area contributed by atoms with Crippen LogP contribution in [0.25, 0.3) is 0 Å². The van der Waals surface area contributed by atoms with Crippen molar-refractivity contribution < 1.29 is 22.3 Å². The van der Waals surface area contributed by atoms with Gasteiger partial charge < -0.3 is 0 Å². The van der Waals surface area contributed by atoms with Crippen molar-refractivity contribution in [3.05, 3.63) is 59.7 Å². The summed E-state index contributed by atoms with van der Waals surface area (Å²) >= 11 is 0. The Balaban J connectivity index is 3.00. The number of nitro groups is 1. The van der Waals surface area contributed by atoms with E-state index in [1.54, 1.807) is 0 Å². The number of hydrogen-bond acceptors (Lipinski definition) is 6. The largest absolute Gasteiger partial charge is 0.297 e. The second kappa shape index (κ2) is 7.62. The van der Waals surface area contributed by atoms with Crippen molar-refractivity contribution in [2.75, 3.05) is 0 Å². The Kier molecular flexibility index (Phi) is 6.14. The predicted molar refractivity (Wildman–Crippen MR) is 79.8 cm³/mol. The second-order valence-electron chi connectivity index (χ2n) is 4.27. The zero-order valence-corrected chi connectivity index (χ0v) is 12.5. The monoisotopic (exact) mass is 325 g/mol. The molecule has 1 rings (SSSR count). The molecule has 1 aromatic carbocycles. The van der Waals surface area contributed by atoms with Crippen LogP contribution >= 0.6 is 0 Å². The third-order valence-electron chi connectivity index (χ3n) is 2.66. The molecule has 0 fully saturated rings. The zero-order valence-electron chi connectivity index (χ0n) is 11.7. The number of Topliss-reactive ketones (excluding diaryl/α,β-unsaturated/α-hetero) is 1. The molecule has 8 heteroatoms. The molecule has 0 aliphatic carbocycles. The maximum Gasteiger partial charge on any atom is 0.297 e. The van der Waals surface area contributed by atoms with E-state index in [-0.39, 0.29) is 23.4 Å². The van der Waals surface area contributed by atoms with Gasteiger partial charge >= 0.3 is 0 Å². The number of hydrogen-bond donors (Lipinski definition) is 0. The third-order valence-corrected chi connectivity index (χ3v) is 4.00. The van der Waals surface area contributed by atoms with Crippen LogP contribution in [0.1, 0.15) is 12.8 Å². The van der Waals surface area contributed by atoms with Crippen LogP contribution in [0.3, 0.4) is 0 Å². The van der Waals surface area contributed by atoms with Crippen LogP contribution in [-0.2, 0) is 19.1 Å². The topological polar surface area (TPSA) is 104 Å². The van der Waals surface area contributed by atoms with Gasteiger partial charge in [-0.15, -0.1) is 13.2 Å². The van der Waals surface area contributed by atoms with E-state index in [0.717, 1.165) is 24.3 Å². The molecule has 0 aliphatic heterocycles. The lowest BCUT2D eigenvalue weighted by Gasteiger charge is -2.14. The Bertz CT molecular complexity index is 678. The molecule has 0 spiro atoms. The first-order valence-electron chi connectivity index (χ1n) is 6.24. The molecule has 1 unspecified atom stereocenters. The third kappa shape index (κ3) is 4.61. The van der Waals surface area contributed by atoms with Gasteiger partial charge in [0.1, 0.15) is 6.10 Å². The highest BCUT2D eigenvalue weighted by atomic mass is 32.2. The van der Waals surface area contributed by atoms with E-state index in [1.165, 1.54) is 12.2 Å². The number of non-ortho nitro benzene ring substituents is 1. The van der Waals surface area contributed by atoms with Gasteiger partial charge in [-0.1, -0.05) is 12.2 Å². The van der Waals surface area contributed by atoms with E-state index in [9.17, 15) is 23.3 Å². The van der Waals surface area contributed by atoms with Crippen molar-refractivity contribution >= 4 is 21.6 Å². The molecule has 0 aromatic heterocycles. The number of carbonyl (C=O) groups excluding carboxylic acids is 1. The predicted octanol–water partition coefficient (Wildman–Crippen LogP) is 2.39. The van der Waals surface area contributed by atoms with E-state index < -0.39 is 26.9 Å². The van der Waals surface area contributed by atoms with Crippen molar-refractivity contribution in [3.8, 4) is 0 Å². The Morgan fingerprint density at radius 2 is 1.86 bits per heavy atom. The van der Waals surface area contributed by atoms with Gasteiger partial charge in [0.15, 0.2) is 5.78 Å². The standard InChI is InChI=1S/C14H15NO6S/c1-3-5-13(16)14(6-4-2)21-22(19,20)12-9-7-11(8-10-12)15(17)18/h3-4,7-10,14H,1-2,5-6H2. The zero-order chi connectivity index (χ0) is 16.8. The molecule has 118 valence electrons. The molecule has 0 heterocycles. The molecule has 7 nitrogen and oxygen atoms in total. The van der Waals surface area contributed by atoms with Crippen molar-refractivity contribution in [2.24, 2.45) is 0 Å².